The number of aliphatic hydroxyl groups excluding tert-OH is 1. The van der Waals surface area contributed by atoms with E-state index in [1.54, 1.807) is 48.8 Å². The average molecular weight is 463 g/mol. The Labute approximate surface area is 202 Å². The molecule has 0 saturated carbocycles. The third-order valence-electron chi connectivity index (χ3n) is 5.72. The second kappa shape index (κ2) is 9.61. The Kier molecular flexibility index (Phi) is 6.05. The fourth-order valence-corrected chi connectivity index (χ4v) is 4.12. The normalized spacial score (nSPS) is 16.9. The minimum atomic E-state index is -0.817. The van der Waals surface area contributed by atoms with E-state index in [2.05, 4.69) is 9.97 Å². The lowest BCUT2D eigenvalue weighted by Crippen LogP contribution is -2.29. The van der Waals surface area contributed by atoms with Crippen molar-refractivity contribution >= 4 is 17.4 Å². The second-order valence-corrected chi connectivity index (χ2v) is 8.01. The number of amides is 1. The number of ketones is 1. The van der Waals surface area contributed by atoms with Crippen molar-refractivity contribution in [1.82, 2.24) is 14.9 Å². The summed E-state index contributed by atoms with van der Waals surface area (Å²) in [5, 5.41) is 11.1. The highest BCUT2D eigenvalue weighted by molar-refractivity contribution is 6.46. The molecule has 2 aromatic carbocycles. The number of rotatable bonds is 6. The van der Waals surface area contributed by atoms with Crippen molar-refractivity contribution in [3.8, 4) is 11.5 Å². The van der Waals surface area contributed by atoms with Crippen LogP contribution in [0.3, 0.4) is 0 Å². The van der Waals surface area contributed by atoms with E-state index in [1.807, 2.05) is 42.5 Å². The molecule has 4 aromatic rings. The van der Waals surface area contributed by atoms with E-state index in [0.717, 1.165) is 5.56 Å². The number of benzene rings is 2. The molecule has 7 nitrogen and oxygen atoms in total. The Hall–Kier alpha value is -4.78. The molecule has 1 aliphatic rings. The second-order valence-electron chi connectivity index (χ2n) is 8.01. The van der Waals surface area contributed by atoms with Crippen molar-refractivity contribution in [1.29, 1.82) is 0 Å². The van der Waals surface area contributed by atoms with E-state index in [-0.39, 0.29) is 17.9 Å². The molecule has 1 aliphatic heterocycles. The van der Waals surface area contributed by atoms with Crippen molar-refractivity contribution in [3.63, 3.8) is 0 Å². The number of aromatic nitrogens is 2. The van der Waals surface area contributed by atoms with Crippen LogP contribution in [0, 0.1) is 0 Å². The first-order valence-corrected chi connectivity index (χ1v) is 11.0. The Balaban J connectivity index is 1.61. The predicted molar refractivity (Wildman–Crippen MR) is 129 cm³/mol. The number of likely N-dealkylation sites (tertiary alicyclic amines) is 1. The quantitative estimate of drug-likeness (QED) is 0.249. The zero-order chi connectivity index (χ0) is 24.2. The van der Waals surface area contributed by atoms with Gasteiger partial charge in [-0.15, -0.1) is 0 Å². The summed E-state index contributed by atoms with van der Waals surface area (Å²) >= 11 is 0. The van der Waals surface area contributed by atoms with Crippen molar-refractivity contribution < 1.29 is 19.4 Å². The molecule has 0 aliphatic carbocycles. The first-order valence-electron chi connectivity index (χ1n) is 11.0. The van der Waals surface area contributed by atoms with Gasteiger partial charge in [0.05, 0.1) is 11.6 Å². The van der Waals surface area contributed by atoms with Crippen LogP contribution in [0.25, 0.3) is 5.76 Å². The molecule has 1 N–H and O–H groups in total. The topological polar surface area (TPSA) is 92.6 Å². The summed E-state index contributed by atoms with van der Waals surface area (Å²) in [4.78, 5) is 35.9. The van der Waals surface area contributed by atoms with Crippen LogP contribution >= 0.6 is 0 Å². The molecule has 35 heavy (non-hydrogen) atoms. The maximum Gasteiger partial charge on any atom is 0.295 e. The number of pyridine rings is 2. The molecular formula is C28H21N3O4. The van der Waals surface area contributed by atoms with Crippen LogP contribution in [0.1, 0.15) is 22.7 Å². The summed E-state index contributed by atoms with van der Waals surface area (Å²) in [6.07, 6.45) is 6.32. The van der Waals surface area contributed by atoms with Crippen molar-refractivity contribution in [2.45, 2.75) is 12.6 Å². The standard InChI is InChI=1S/C28H21N3O4/c32-26(20-11-14-29-15-12-20)24-25(31(28(34)27(24)33)18-19-6-5-13-30-17-19)21-7-4-10-23(16-21)35-22-8-2-1-3-9-22/h1-17,25,32H,18H2/b26-24-. The maximum absolute atomic E-state index is 13.2. The monoisotopic (exact) mass is 463 g/mol. The summed E-state index contributed by atoms with van der Waals surface area (Å²) in [6.45, 7) is 0.153. The SMILES string of the molecule is O=C1C(=O)N(Cc2cccnc2)C(c2cccc(Oc3ccccc3)c2)/C1=C(/O)c1ccncc1. The molecule has 172 valence electrons. The fraction of sp³-hybridized carbons (Fsp3) is 0.0714. The van der Waals surface area contributed by atoms with Crippen LogP contribution in [-0.2, 0) is 16.1 Å². The summed E-state index contributed by atoms with van der Waals surface area (Å²) in [7, 11) is 0. The molecule has 7 heteroatoms. The molecule has 1 fully saturated rings. The molecule has 0 radical (unpaired) electrons. The molecule has 1 amide bonds. The predicted octanol–water partition coefficient (Wildman–Crippen LogP) is 4.89. The smallest absolute Gasteiger partial charge is 0.295 e. The van der Waals surface area contributed by atoms with Gasteiger partial charge in [0.2, 0.25) is 0 Å². The fourth-order valence-electron chi connectivity index (χ4n) is 4.12. The van der Waals surface area contributed by atoms with E-state index in [9.17, 15) is 14.7 Å². The summed E-state index contributed by atoms with van der Waals surface area (Å²) in [6, 6.07) is 22.5. The third kappa shape index (κ3) is 4.52. The molecule has 0 bridgehead atoms. The molecule has 0 spiro atoms. The van der Waals surface area contributed by atoms with E-state index in [0.29, 0.717) is 22.6 Å². The van der Waals surface area contributed by atoms with Gasteiger partial charge in [-0.1, -0.05) is 36.4 Å². The average Bonchev–Trinajstić information content (AvgIpc) is 3.15. The number of nitrogens with zero attached hydrogens (tertiary/aromatic N) is 3. The maximum atomic E-state index is 13.2. The Morgan fingerprint density at radius 3 is 2.37 bits per heavy atom. The third-order valence-corrected chi connectivity index (χ3v) is 5.72. The first kappa shape index (κ1) is 22.0. The van der Waals surface area contributed by atoms with Gasteiger partial charge in [-0.3, -0.25) is 19.6 Å². The lowest BCUT2D eigenvalue weighted by Gasteiger charge is -2.25. The van der Waals surface area contributed by atoms with Gasteiger partial charge in [-0.25, -0.2) is 0 Å². The van der Waals surface area contributed by atoms with E-state index >= 15 is 0 Å². The molecular weight excluding hydrogens is 442 g/mol. The van der Waals surface area contributed by atoms with Crippen LogP contribution in [0.4, 0.5) is 0 Å². The van der Waals surface area contributed by atoms with E-state index < -0.39 is 17.7 Å². The van der Waals surface area contributed by atoms with Gasteiger partial charge in [0.15, 0.2) is 0 Å². The zero-order valence-corrected chi connectivity index (χ0v) is 18.6. The number of ether oxygens (including phenoxy) is 1. The lowest BCUT2D eigenvalue weighted by molar-refractivity contribution is -0.140. The Morgan fingerprint density at radius 1 is 0.857 bits per heavy atom. The van der Waals surface area contributed by atoms with Crippen molar-refractivity contribution in [2.24, 2.45) is 0 Å². The minimum Gasteiger partial charge on any atom is -0.507 e. The zero-order valence-electron chi connectivity index (χ0n) is 18.6. The number of Topliss-reactive ketones (excluding diaryl/α,β-unsaturated/α-hetero) is 1. The Morgan fingerprint density at radius 2 is 1.63 bits per heavy atom. The number of para-hydroxylation sites is 1. The highest BCUT2D eigenvalue weighted by Crippen LogP contribution is 2.41. The van der Waals surface area contributed by atoms with Gasteiger partial charge in [0.1, 0.15) is 17.3 Å². The lowest BCUT2D eigenvalue weighted by atomic mass is 9.95. The summed E-state index contributed by atoms with van der Waals surface area (Å²) < 4.78 is 5.98. The Bertz CT molecular complexity index is 1390. The number of carbonyl (C=O) groups excluding carboxylic acids is 2. The number of hydrogen-bond donors (Lipinski definition) is 1. The van der Waals surface area contributed by atoms with Crippen LogP contribution in [-0.4, -0.2) is 31.7 Å². The molecule has 5 rings (SSSR count). The summed E-state index contributed by atoms with van der Waals surface area (Å²) in [5.41, 5.74) is 1.82. The van der Waals surface area contributed by atoms with Crippen molar-refractivity contribution in [3.05, 3.63) is 126 Å². The van der Waals surface area contributed by atoms with E-state index in [4.69, 9.17) is 4.74 Å². The van der Waals surface area contributed by atoms with Crippen LogP contribution in [0.2, 0.25) is 0 Å². The van der Waals surface area contributed by atoms with Gasteiger partial charge in [-0.05, 0) is 53.6 Å². The molecule has 1 saturated heterocycles. The molecule has 3 heterocycles. The number of hydrogen-bond acceptors (Lipinski definition) is 6. The minimum absolute atomic E-state index is 0.0157. The first-order chi connectivity index (χ1) is 17.1. The van der Waals surface area contributed by atoms with Gasteiger partial charge < -0.3 is 14.7 Å². The van der Waals surface area contributed by atoms with Crippen LogP contribution in [0.5, 0.6) is 11.5 Å². The van der Waals surface area contributed by atoms with Gasteiger partial charge in [0, 0.05) is 36.9 Å². The molecule has 2 aromatic heterocycles. The van der Waals surface area contributed by atoms with Crippen LogP contribution in [0.15, 0.2) is 109 Å². The number of carbonyl (C=O) groups is 2. The summed E-state index contributed by atoms with van der Waals surface area (Å²) in [5.74, 6) is -0.486. The highest BCUT2D eigenvalue weighted by Gasteiger charge is 2.46. The number of aliphatic hydroxyl groups is 1. The molecule has 1 atom stereocenters. The van der Waals surface area contributed by atoms with Gasteiger partial charge in [0.25, 0.3) is 11.7 Å². The van der Waals surface area contributed by atoms with Gasteiger partial charge in [-0.2, -0.15) is 0 Å². The van der Waals surface area contributed by atoms with Crippen LogP contribution < -0.4 is 4.74 Å². The molecule has 1 unspecified atom stereocenters. The largest absolute Gasteiger partial charge is 0.507 e. The highest BCUT2D eigenvalue weighted by atomic mass is 16.5. The van der Waals surface area contributed by atoms with Crippen molar-refractivity contribution in [2.75, 3.05) is 0 Å². The van der Waals surface area contributed by atoms with E-state index in [1.165, 1.54) is 17.3 Å². The van der Waals surface area contributed by atoms with Gasteiger partial charge >= 0.3 is 0 Å².